The van der Waals surface area contributed by atoms with Gasteiger partial charge in [-0.15, -0.1) is 0 Å². The van der Waals surface area contributed by atoms with E-state index in [4.69, 9.17) is 21.4 Å². The summed E-state index contributed by atoms with van der Waals surface area (Å²) < 4.78 is 5.62. The Bertz CT molecular complexity index is 483. The third-order valence-corrected chi connectivity index (χ3v) is 2.80. The first kappa shape index (κ1) is 12.0. The van der Waals surface area contributed by atoms with Crippen molar-refractivity contribution >= 4 is 11.6 Å². The molecule has 0 radical (unpaired) electrons. The Balaban J connectivity index is 2.04. The van der Waals surface area contributed by atoms with Gasteiger partial charge >= 0.3 is 0 Å². The summed E-state index contributed by atoms with van der Waals surface area (Å²) >= 11 is 5.90. The molecule has 0 saturated carbocycles. The van der Waals surface area contributed by atoms with Crippen molar-refractivity contribution in [2.24, 2.45) is 0 Å². The molecule has 3 heteroatoms. The van der Waals surface area contributed by atoms with Crippen LogP contribution in [0.2, 0.25) is 5.02 Å². The summed E-state index contributed by atoms with van der Waals surface area (Å²) in [4.78, 5) is 0. The van der Waals surface area contributed by atoms with Gasteiger partial charge in [0.2, 0.25) is 0 Å². The molecule has 0 aliphatic carbocycles. The number of rotatable bonds is 4. The Morgan fingerprint density at radius 1 is 1.06 bits per heavy atom. The second kappa shape index (κ2) is 5.71. The molecule has 0 aliphatic rings. The molecule has 17 heavy (non-hydrogen) atoms. The van der Waals surface area contributed by atoms with E-state index in [-0.39, 0.29) is 6.61 Å². The van der Waals surface area contributed by atoms with Crippen LogP contribution in [-0.4, -0.2) is 5.11 Å². The Kier molecular flexibility index (Phi) is 4.02. The number of ether oxygens (including phenoxy) is 1. The highest BCUT2D eigenvalue weighted by atomic mass is 35.5. The van der Waals surface area contributed by atoms with Gasteiger partial charge in [-0.2, -0.15) is 0 Å². The Labute approximate surface area is 105 Å². The Morgan fingerprint density at radius 3 is 2.53 bits per heavy atom. The van der Waals surface area contributed by atoms with E-state index in [2.05, 4.69) is 0 Å². The third-order valence-electron chi connectivity index (χ3n) is 2.44. The van der Waals surface area contributed by atoms with Crippen LogP contribution in [0.15, 0.2) is 48.5 Å². The van der Waals surface area contributed by atoms with Gasteiger partial charge in [-0.25, -0.2) is 0 Å². The van der Waals surface area contributed by atoms with Gasteiger partial charge in [0.15, 0.2) is 0 Å². The molecule has 0 saturated heterocycles. The zero-order valence-corrected chi connectivity index (χ0v) is 10.0. The van der Waals surface area contributed by atoms with E-state index in [1.165, 1.54) is 0 Å². The molecule has 0 bridgehead atoms. The van der Waals surface area contributed by atoms with Crippen LogP contribution >= 0.6 is 11.6 Å². The molecule has 1 N–H and O–H groups in total. The fourth-order valence-electron chi connectivity index (χ4n) is 1.50. The highest BCUT2D eigenvalue weighted by Crippen LogP contribution is 2.22. The van der Waals surface area contributed by atoms with Gasteiger partial charge in [-0.05, 0) is 29.3 Å². The minimum Gasteiger partial charge on any atom is -0.489 e. The van der Waals surface area contributed by atoms with Crippen LogP contribution in [0.5, 0.6) is 5.75 Å². The molecule has 0 atom stereocenters. The van der Waals surface area contributed by atoms with Crippen LogP contribution in [0.3, 0.4) is 0 Å². The highest BCUT2D eigenvalue weighted by molar-refractivity contribution is 6.31. The maximum Gasteiger partial charge on any atom is 0.120 e. The van der Waals surface area contributed by atoms with Gasteiger partial charge in [-0.3, -0.25) is 0 Å². The Morgan fingerprint density at radius 2 is 1.82 bits per heavy atom. The van der Waals surface area contributed by atoms with Crippen LogP contribution < -0.4 is 4.74 Å². The van der Waals surface area contributed by atoms with Crippen LogP contribution in [0.1, 0.15) is 11.1 Å². The lowest BCUT2D eigenvalue weighted by molar-refractivity contribution is 0.278. The standard InChI is InChI=1S/C14H13ClO2/c15-14-7-6-13(8-12(14)9-16)17-10-11-4-2-1-3-5-11/h1-8,16H,9-10H2. The molecule has 88 valence electrons. The number of hydrogen-bond acceptors (Lipinski definition) is 2. The van der Waals surface area contributed by atoms with Crippen molar-refractivity contribution in [1.82, 2.24) is 0 Å². The molecular formula is C14H13ClO2. The maximum atomic E-state index is 9.09. The lowest BCUT2D eigenvalue weighted by atomic mass is 10.2. The fraction of sp³-hybridized carbons (Fsp3) is 0.143. The van der Waals surface area contributed by atoms with Gasteiger partial charge in [0, 0.05) is 5.02 Å². The van der Waals surface area contributed by atoms with Crippen molar-refractivity contribution in [3.8, 4) is 5.75 Å². The van der Waals surface area contributed by atoms with Gasteiger partial charge < -0.3 is 9.84 Å². The first-order valence-electron chi connectivity index (χ1n) is 5.35. The quantitative estimate of drug-likeness (QED) is 0.899. The van der Waals surface area contributed by atoms with E-state index in [0.717, 1.165) is 5.56 Å². The molecule has 2 nitrogen and oxygen atoms in total. The van der Waals surface area contributed by atoms with E-state index in [1.54, 1.807) is 18.2 Å². The molecule has 0 amide bonds. The summed E-state index contributed by atoms with van der Waals surface area (Å²) in [5.74, 6) is 0.710. The molecular weight excluding hydrogens is 236 g/mol. The average Bonchev–Trinajstić information content (AvgIpc) is 2.39. The zero-order chi connectivity index (χ0) is 12.1. The summed E-state index contributed by atoms with van der Waals surface area (Å²) in [6.45, 7) is 0.425. The highest BCUT2D eigenvalue weighted by Gasteiger charge is 2.02. The largest absolute Gasteiger partial charge is 0.489 e. The predicted octanol–water partition coefficient (Wildman–Crippen LogP) is 3.41. The van der Waals surface area contributed by atoms with E-state index in [9.17, 15) is 0 Å². The molecule has 0 unspecified atom stereocenters. The topological polar surface area (TPSA) is 29.5 Å². The Hall–Kier alpha value is -1.51. The third kappa shape index (κ3) is 3.22. The molecule has 0 aromatic heterocycles. The van der Waals surface area contributed by atoms with Gasteiger partial charge in [0.05, 0.1) is 6.61 Å². The number of hydrogen-bond donors (Lipinski definition) is 1. The molecule has 2 rings (SSSR count). The number of halogens is 1. The minimum absolute atomic E-state index is 0.0820. The normalized spacial score (nSPS) is 10.2. The number of aliphatic hydroxyl groups excluding tert-OH is 1. The van der Waals surface area contributed by atoms with Gasteiger partial charge in [0.25, 0.3) is 0 Å². The smallest absolute Gasteiger partial charge is 0.120 e. The van der Waals surface area contributed by atoms with Gasteiger partial charge in [0.1, 0.15) is 12.4 Å². The van der Waals surface area contributed by atoms with Gasteiger partial charge in [-0.1, -0.05) is 41.9 Å². The summed E-state index contributed by atoms with van der Waals surface area (Å²) in [6.07, 6.45) is 0. The maximum absolute atomic E-state index is 9.09. The second-order valence-corrected chi connectivity index (χ2v) is 4.09. The lowest BCUT2D eigenvalue weighted by Crippen LogP contribution is -1.96. The SMILES string of the molecule is OCc1cc(OCc2ccccc2)ccc1Cl. The summed E-state index contributed by atoms with van der Waals surface area (Å²) in [6, 6.07) is 15.2. The summed E-state index contributed by atoms with van der Waals surface area (Å²) in [5, 5.41) is 9.64. The average molecular weight is 249 g/mol. The zero-order valence-electron chi connectivity index (χ0n) is 9.27. The van der Waals surface area contributed by atoms with E-state index < -0.39 is 0 Å². The second-order valence-electron chi connectivity index (χ2n) is 3.69. The van der Waals surface area contributed by atoms with Crippen molar-refractivity contribution in [2.75, 3.05) is 0 Å². The molecule has 0 aliphatic heterocycles. The molecule has 2 aromatic rings. The van der Waals surface area contributed by atoms with Crippen molar-refractivity contribution in [2.45, 2.75) is 13.2 Å². The molecule has 2 aromatic carbocycles. The van der Waals surface area contributed by atoms with E-state index in [1.807, 2.05) is 30.3 Å². The van der Waals surface area contributed by atoms with Crippen LogP contribution in [0, 0.1) is 0 Å². The summed E-state index contributed by atoms with van der Waals surface area (Å²) in [7, 11) is 0. The lowest BCUT2D eigenvalue weighted by Gasteiger charge is -2.08. The fourth-order valence-corrected chi connectivity index (χ4v) is 1.68. The van der Waals surface area contributed by atoms with E-state index >= 15 is 0 Å². The van der Waals surface area contributed by atoms with Crippen LogP contribution in [0.25, 0.3) is 0 Å². The molecule has 0 fully saturated rings. The number of aliphatic hydroxyl groups is 1. The van der Waals surface area contributed by atoms with Crippen molar-refractivity contribution in [1.29, 1.82) is 0 Å². The summed E-state index contributed by atoms with van der Waals surface area (Å²) in [5.41, 5.74) is 1.78. The first-order chi connectivity index (χ1) is 8.29. The monoisotopic (exact) mass is 248 g/mol. The van der Waals surface area contributed by atoms with Crippen LogP contribution in [-0.2, 0) is 13.2 Å². The minimum atomic E-state index is -0.0820. The van der Waals surface area contributed by atoms with Crippen molar-refractivity contribution in [3.63, 3.8) is 0 Å². The van der Waals surface area contributed by atoms with Crippen molar-refractivity contribution in [3.05, 3.63) is 64.7 Å². The van der Waals surface area contributed by atoms with E-state index in [0.29, 0.717) is 22.9 Å². The first-order valence-corrected chi connectivity index (χ1v) is 5.73. The van der Waals surface area contributed by atoms with Crippen molar-refractivity contribution < 1.29 is 9.84 Å². The molecule has 0 heterocycles. The predicted molar refractivity (Wildman–Crippen MR) is 68.1 cm³/mol. The van der Waals surface area contributed by atoms with Crippen LogP contribution in [0.4, 0.5) is 0 Å². The number of benzene rings is 2. The molecule has 0 spiro atoms.